The summed E-state index contributed by atoms with van der Waals surface area (Å²) in [5.74, 6) is -0.489. The van der Waals surface area contributed by atoms with E-state index in [4.69, 9.17) is 10.7 Å². The van der Waals surface area contributed by atoms with Gasteiger partial charge in [0.05, 0.1) is 10.6 Å². The minimum Gasteiger partial charge on any atom is -0.328 e. The number of aromatic nitrogens is 2. The van der Waals surface area contributed by atoms with Crippen LogP contribution in [0.15, 0.2) is 77.7 Å². The lowest BCUT2D eigenvalue weighted by Gasteiger charge is -2.38. The minimum atomic E-state index is -0.489. The molecule has 2 heterocycles. The number of H-pyrrole nitrogens is 1. The van der Waals surface area contributed by atoms with E-state index in [1.54, 1.807) is 6.07 Å². The number of carbonyl (C=O) groups excluding carboxylic acids is 1. The third-order valence-electron chi connectivity index (χ3n) is 5.93. The summed E-state index contributed by atoms with van der Waals surface area (Å²) in [4.78, 5) is 32.8. The molecule has 1 amide bonds. The van der Waals surface area contributed by atoms with Crippen LogP contribution in [0.25, 0.3) is 21.7 Å². The molecule has 32 heavy (non-hydrogen) atoms. The zero-order valence-corrected chi connectivity index (χ0v) is 18.1. The highest BCUT2D eigenvalue weighted by atomic mass is 32.1. The molecular formula is C25H22N4O2S. The summed E-state index contributed by atoms with van der Waals surface area (Å²) in [5, 5.41) is 3.22. The summed E-state index contributed by atoms with van der Waals surface area (Å²) in [6, 6.07) is 21.3. The van der Waals surface area contributed by atoms with Gasteiger partial charge < -0.3 is 10.7 Å². The van der Waals surface area contributed by atoms with Crippen molar-refractivity contribution in [3.05, 3.63) is 94.4 Å². The number of amides is 1. The van der Waals surface area contributed by atoms with E-state index in [1.165, 1.54) is 23.6 Å². The van der Waals surface area contributed by atoms with Crippen LogP contribution in [0.3, 0.4) is 0 Å². The smallest absolute Gasteiger partial charge is 0.263 e. The number of thiazole rings is 1. The maximum atomic E-state index is 12.6. The number of rotatable bonds is 5. The summed E-state index contributed by atoms with van der Waals surface area (Å²) in [7, 11) is 0. The van der Waals surface area contributed by atoms with Crippen LogP contribution >= 0.6 is 11.3 Å². The van der Waals surface area contributed by atoms with Gasteiger partial charge in [-0.25, -0.2) is 4.98 Å². The van der Waals surface area contributed by atoms with Crippen LogP contribution in [0.4, 0.5) is 5.13 Å². The molecule has 4 N–H and O–H groups in total. The maximum Gasteiger partial charge on any atom is 0.263 e. The summed E-state index contributed by atoms with van der Waals surface area (Å²) < 4.78 is 0. The maximum absolute atomic E-state index is 12.6. The van der Waals surface area contributed by atoms with Crippen molar-refractivity contribution in [1.82, 2.24) is 9.97 Å². The standard InChI is InChI=1S/C25H22N4O2S/c26-25(13-5-14-25)18-11-9-16(10-12-18)20-21(17-6-2-1-3-7-17)32-24(28-20)29-23(31)19-8-4-15-27-22(19)30/h1-4,6-12,15H,5,13-14,26H2,(H,27,30)(H,28,29,31). The van der Waals surface area contributed by atoms with Crippen LogP contribution in [0.2, 0.25) is 0 Å². The van der Waals surface area contributed by atoms with E-state index >= 15 is 0 Å². The second-order valence-corrected chi connectivity index (χ2v) is 9.02. The molecule has 4 aromatic rings. The number of carbonyl (C=O) groups is 1. The number of aromatic amines is 1. The first-order valence-electron chi connectivity index (χ1n) is 10.5. The fraction of sp³-hybridized carbons (Fsp3) is 0.160. The van der Waals surface area contributed by atoms with E-state index in [0.29, 0.717) is 5.13 Å². The minimum absolute atomic E-state index is 0.0450. The second-order valence-electron chi connectivity index (χ2n) is 8.02. The number of hydrogen-bond donors (Lipinski definition) is 3. The molecule has 1 saturated carbocycles. The van der Waals surface area contributed by atoms with E-state index in [9.17, 15) is 9.59 Å². The highest BCUT2D eigenvalue weighted by molar-refractivity contribution is 7.19. The van der Waals surface area contributed by atoms with E-state index < -0.39 is 11.5 Å². The van der Waals surface area contributed by atoms with Gasteiger partial charge in [-0.15, -0.1) is 0 Å². The SMILES string of the molecule is NC1(c2ccc(-c3nc(NC(=O)c4ccc[nH]c4=O)sc3-c3ccccc3)cc2)CCC1. The normalized spacial score (nSPS) is 14.5. The molecule has 0 aliphatic heterocycles. The van der Waals surface area contributed by atoms with Crippen LogP contribution in [0.1, 0.15) is 35.2 Å². The topological polar surface area (TPSA) is 101 Å². The van der Waals surface area contributed by atoms with Crippen LogP contribution in [-0.4, -0.2) is 15.9 Å². The number of pyridine rings is 1. The van der Waals surface area contributed by atoms with Gasteiger partial charge in [0.25, 0.3) is 11.5 Å². The van der Waals surface area contributed by atoms with Gasteiger partial charge in [0.2, 0.25) is 0 Å². The summed E-state index contributed by atoms with van der Waals surface area (Å²) in [5.41, 5.74) is 9.74. The monoisotopic (exact) mass is 442 g/mol. The van der Waals surface area contributed by atoms with Gasteiger partial charge in [-0.05, 0) is 42.5 Å². The number of nitrogens with zero attached hydrogens (tertiary/aromatic N) is 1. The first-order chi connectivity index (χ1) is 15.5. The highest BCUT2D eigenvalue weighted by Gasteiger charge is 2.34. The predicted molar refractivity (Wildman–Crippen MR) is 128 cm³/mol. The van der Waals surface area contributed by atoms with Crippen LogP contribution in [0, 0.1) is 0 Å². The molecule has 2 aromatic carbocycles. The van der Waals surface area contributed by atoms with Crippen LogP contribution in [0.5, 0.6) is 0 Å². The van der Waals surface area contributed by atoms with Crippen molar-refractivity contribution in [2.24, 2.45) is 5.73 Å². The van der Waals surface area contributed by atoms with Gasteiger partial charge in [-0.2, -0.15) is 0 Å². The Balaban J connectivity index is 1.51. The van der Waals surface area contributed by atoms with Crippen molar-refractivity contribution in [2.45, 2.75) is 24.8 Å². The van der Waals surface area contributed by atoms with E-state index in [0.717, 1.165) is 46.5 Å². The number of hydrogen-bond acceptors (Lipinski definition) is 5. The number of benzene rings is 2. The molecule has 0 radical (unpaired) electrons. The number of anilines is 1. The Kier molecular flexibility index (Phi) is 5.20. The molecule has 6 nitrogen and oxygen atoms in total. The van der Waals surface area contributed by atoms with Crippen LogP contribution < -0.4 is 16.6 Å². The van der Waals surface area contributed by atoms with Gasteiger partial charge in [0.15, 0.2) is 5.13 Å². The summed E-state index contributed by atoms with van der Waals surface area (Å²) in [6.07, 6.45) is 4.67. The number of nitrogens with one attached hydrogen (secondary N) is 2. The lowest BCUT2D eigenvalue weighted by Crippen LogP contribution is -2.43. The largest absolute Gasteiger partial charge is 0.328 e. The molecule has 0 atom stereocenters. The van der Waals surface area contributed by atoms with E-state index in [-0.39, 0.29) is 11.1 Å². The molecule has 1 aliphatic rings. The quantitative estimate of drug-likeness (QED) is 0.415. The Morgan fingerprint density at radius 1 is 1.00 bits per heavy atom. The van der Waals surface area contributed by atoms with E-state index in [1.807, 2.05) is 42.5 Å². The highest BCUT2D eigenvalue weighted by Crippen LogP contribution is 2.42. The lowest BCUT2D eigenvalue weighted by atomic mass is 9.72. The Bertz CT molecular complexity index is 1320. The Morgan fingerprint density at radius 2 is 1.75 bits per heavy atom. The van der Waals surface area contributed by atoms with Crippen molar-refractivity contribution in [3.63, 3.8) is 0 Å². The molecule has 2 aromatic heterocycles. The van der Waals surface area contributed by atoms with E-state index in [2.05, 4.69) is 22.4 Å². The molecule has 1 fully saturated rings. The third-order valence-corrected chi connectivity index (χ3v) is 6.95. The van der Waals surface area contributed by atoms with Gasteiger partial charge in [0, 0.05) is 17.3 Å². The lowest BCUT2D eigenvalue weighted by molar-refractivity contribution is 0.102. The summed E-state index contributed by atoms with van der Waals surface area (Å²) >= 11 is 1.38. The van der Waals surface area contributed by atoms with Crippen molar-refractivity contribution < 1.29 is 4.79 Å². The average Bonchev–Trinajstić information content (AvgIpc) is 3.22. The Morgan fingerprint density at radius 3 is 2.41 bits per heavy atom. The van der Waals surface area contributed by atoms with Crippen molar-refractivity contribution in [1.29, 1.82) is 0 Å². The molecule has 0 spiro atoms. The molecule has 1 aliphatic carbocycles. The zero-order valence-electron chi connectivity index (χ0n) is 17.3. The molecule has 0 unspecified atom stereocenters. The Hall–Kier alpha value is -3.55. The molecule has 5 rings (SSSR count). The van der Waals surface area contributed by atoms with Crippen molar-refractivity contribution in [2.75, 3.05) is 5.32 Å². The first kappa shape index (κ1) is 20.4. The fourth-order valence-corrected chi connectivity index (χ4v) is 4.91. The Labute approximate surface area is 189 Å². The van der Waals surface area contributed by atoms with Crippen LogP contribution in [-0.2, 0) is 5.54 Å². The molecule has 0 saturated heterocycles. The molecule has 160 valence electrons. The van der Waals surface area contributed by atoms with Crippen molar-refractivity contribution >= 4 is 22.4 Å². The predicted octanol–water partition coefficient (Wildman–Crippen LogP) is 4.76. The van der Waals surface area contributed by atoms with Gasteiger partial charge in [-0.1, -0.05) is 65.9 Å². The van der Waals surface area contributed by atoms with Gasteiger partial charge in [0.1, 0.15) is 5.56 Å². The zero-order chi connectivity index (χ0) is 22.1. The second kappa shape index (κ2) is 8.18. The summed E-state index contributed by atoms with van der Waals surface area (Å²) in [6.45, 7) is 0. The molecule has 7 heteroatoms. The third kappa shape index (κ3) is 3.77. The fourth-order valence-electron chi connectivity index (χ4n) is 3.93. The van der Waals surface area contributed by atoms with Gasteiger partial charge in [-0.3, -0.25) is 14.9 Å². The van der Waals surface area contributed by atoms with Crippen molar-refractivity contribution in [3.8, 4) is 21.7 Å². The van der Waals surface area contributed by atoms with Gasteiger partial charge >= 0.3 is 0 Å². The molecular weight excluding hydrogens is 420 g/mol. The molecule has 0 bridgehead atoms. The average molecular weight is 443 g/mol. The first-order valence-corrected chi connectivity index (χ1v) is 11.3. The number of nitrogens with two attached hydrogens (primary N) is 1.